The van der Waals surface area contributed by atoms with Crippen molar-refractivity contribution in [3.63, 3.8) is 0 Å². The molecule has 1 fully saturated rings. The quantitative estimate of drug-likeness (QED) is 0.773. The number of piperidine rings is 1. The van der Waals surface area contributed by atoms with Crippen LogP contribution in [0.1, 0.15) is 36.5 Å². The van der Waals surface area contributed by atoms with E-state index in [1.165, 1.54) is 19.3 Å². The average molecular weight is 300 g/mol. The average Bonchev–Trinajstić information content (AvgIpc) is 2.42. The van der Waals surface area contributed by atoms with Gasteiger partial charge in [0.1, 0.15) is 0 Å². The van der Waals surface area contributed by atoms with Gasteiger partial charge in [-0.2, -0.15) is 0 Å². The summed E-state index contributed by atoms with van der Waals surface area (Å²) in [5.74, 6) is 0.138. The van der Waals surface area contributed by atoms with Gasteiger partial charge in [0.25, 0.3) is 0 Å². The Morgan fingerprint density at radius 3 is 2.53 bits per heavy atom. The lowest BCUT2D eigenvalue weighted by atomic mass is 9.98. The van der Waals surface area contributed by atoms with Gasteiger partial charge in [-0.3, -0.25) is 4.79 Å². The number of rotatable bonds is 4. The van der Waals surface area contributed by atoms with E-state index in [1.54, 1.807) is 18.2 Å². The van der Waals surface area contributed by atoms with E-state index in [9.17, 15) is 4.79 Å². The first-order chi connectivity index (χ1) is 9.08. The molecule has 2 nitrogen and oxygen atoms in total. The van der Waals surface area contributed by atoms with E-state index in [4.69, 9.17) is 23.2 Å². The number of nitrogens with zero attached hydrogens (tertiary/aromatic N) is 1. The van der Waals surface area contributed by atoms with Gasteiger partial charge >= 0.3 is 0 Å². The van der Waals surface area contributed by atoms with Crippen molar-refractivity contribution < 1.29 is 4.79 Å². The molecule has 1 aliphatic rings. The molecule has 104 valence electrons. The Morgan fingerprint density at radius 1 is 1.21 bits per heavy atom. The van der Waals surface area contributed by atoms with Crippen LogP contribution in [-0.4, -0.2) is 30.3 Å². The Hall–Kier alpha value is -0.570. The zero-order valence-corrected chi connectivity index (χ0v) is 12.7. The van der Waals surface area contributed by atoms with Crippen molar-refractivity contribution in [2.75, 3.05) is 19.6 Å². The van der Waals surface area contributed by atoms with E-state index >= 15 is 0 Å². The van der Waals surface area contributed by atoms with Crippen molar-refractivity contribution in [2.24, 2.45) is 5.92 Å². The topological polar surface area (TPSA) is 20.3 Å². The number of carbonyl (C=O) groups is 1. The summed E-state index contributed by atoms with van der Waals surface area (Å²) >= 11 is 11.8. The van der Waals surface area contributed by atoms with Gasteiger partial charge in [0.05, 0.1) is 10.0 Å². The Morgan fingerprint density at radius 2 is 1.89 bits per heavy atom. The lowest BCUT2D eigenvalue weighted by Crippen LogP contribution is -2.35. The molecule has 0 saturated carbocycles. The number of hydrogen-bond acceptors (Lipinski definition) is 2. The van der Waals surface area contributed by atoms with E-state index in [0.717, 1.165) is 19.6 Å². The maximum atomic E-state index is 12.4. The number of likely N-dealkylation sites (tertiary alicyclic amines) is 1. The second kappa shape index (κ2) is 6.74. The maximum absolute atomic E-state index is 12.4. The first-order valence-electron chi connectivity index (χ1n) is 6.79. The molecule has 1 heterocycles. The highest BCUT2D eigenvalue weighted by atomic mass is 35.5. The maximum Gasteiger partial charge on any atom is 0.166 e. The van der Waals surface area contributed by atoms with Crippen LogP contribution in [0.4, 0.5) is 0 Å². The number of halogens is 2. The van der Waals surface area contributed by atoms with Gasteiger partial charge in [-0.15, -0.1) is 0 Å². The Balaban J connectivity index is 1.99. The first kappa shape index (κ1) is 14.8. The molecule has 2 rings (SSSR count). The third kappa shape index (κ3) is 3.95. The number of ketones is 1. The van der Waals surface area contributed by atoms with Crippen LogP contribution in [0.2, 0.25) is 10.0 Å². The SMILES string of the molecule is CC(CN1CCCCC1)C(=O)c1ccc(Cl)c(Cl)c1. The van der Waals surface area contributed by atoms with Gasteiger partial charge in [0.15, 0.2) is 5.78 Å². The molecule has 0 bridgehead atoms. The van der Waals surface area contributed by atoms with Crippen LogP contribution in [0, 0.1) is 5.92 Å². The van der Waals surface area contributed by atoms with Crippen molar-refractivity contribution in [1.29, 1.82) is 0 Å². The molecule has 1 atom stereocenters. The third-order valence-corrected chi connectivity index (χ3v) is 4.37. The fourth-order valence-corrected chi connectivity index (χ4v) is 2.84. The molecule has 1 saturated heterocycles. The number of carbonyl (C=O) groups excluding carboxylic acids is 1. The van der Waals surface area contributed by atoms with E-state index < -0.39 is 0 Å². The summed E-state index contributed by atoms with van der Waals surface area (Å²) in [5.41, 5.74) is 0.652. The summed E-state index contributed by atoms with van der Waals surface area (Å²) in [5, 5.41) is 0.930. The molecule has 0 amide bonds. The minimum atomic E-state index is -0.00431. The van der Waals surface area contributed by atoms with Crippen molar-refractivity contribution in [2.45, 2.75) is 26.2 Å². The van der Waals surface area contributed by atoms with Crippen molar-refractivity contribution in [3.8, 4) is 0 Å². The zero-order chi connectivity index (χ0) is 13.8. The van der Waals surface area contributed by atoms with Crippen LogP contribution in [0.3, 0.4) is 0 Å². The summed E-state index contributed by atoms with van der Waals surface area (Å²) in [4.78, 5) is 14.7. The standard InChI is InChI=1S/C15H19Cl2NO/c1-11(10-18-7-3-2-4-8-18)15(19)12-5-6-13(16)14(17)9-12/h5-6,9,11H,2-4,7-8,10H2,1H3. The van der Waals surface area contributed by atoms with Crippen LogP contribution in [0.25, 0.3) is 0 Å². The molecule has 19 heavy (non-hydrogen) atoms. The Labute approximate surface area is 124 Å². The molecule has 1 aromatic rings. The second-order valence-electron chi connectivity index (χ2n) is 5.26. The third-order valence-electron chi connectivity index (χ3n) is 3.63. The molecule has 0 spiro atoms. The largest absolute Gasteiger partial charge is 0.303 e. The Kier molecular flexibility index (Phi) is 5.26. The molecule has 0 aliphatic carbocycles. The van der Waals surface area contributed by atoms with E-state index in [2.05, 4.69) is 4.90 Å². The summed E-state index contributed by atoms with van der Waals surface area (Å²) in [6.07, 6.45) is 3.80. The van der Waals surface area contributed by atoms with Crippen molar-refractivity contribution in [3.05, 3.63) is 33.8 Å². The van der Waals surface area contributed by atoms with Gasteiger partial charge in [0.2, 0.25) is 0 Å². The lowest BCUT2D eigenvalue weighted by Gasteiger charge is -2.28. The van der Waals surface area contributed by atoms with Crippen LogP contribution in [0.5, 0.6) is 0 Å². The van der Waals surface area contributed by atoms with Crippen LogP contribution < -0.4 is 0 Å². The molecular weight excluding hydrogens is 281 g/mol. The number of Topliss-reactive ketones (excluding diaryl/α,β-unsaturated/α-hetero) is 1. The summed E-state index contributed by atoms with van der Waals surface area (Å²) in [7, 11) is 0. The highest BCUT2D eigenvalue weighted by molar-refractivity contribution is 6.42. The fraction of sp³-hybridized carbons (Fsp3) is 0.533. The van der Waals surface area contributed by atoms with Crippen molar-refractivity contribution in [1.82, 2.24) is 4.90 Å². The van der Waals surface area contributed by atoms with Gasteiger partial charge in [-0.05, 0) is 44.1 Å². The first-order valence-corrected chi connectivity index (χ1v) is 7.55. The summed E-state index contributed by atoms with van der Waals surface area (Å²) in [6, 6.07) is 5.10. The van der Waals surface area contributed by atoms with E-state index in [-0.39, 0.29) is 11.7 Å². The molecular formula is C15H19Cl2NO. The van der Waals surface area contributed by atoms with Crippen molar-refractivity contribution >= 4 is 29.0 Å². The van der Waals surface area contributed by atoms with Crippen LogP contribution in [-0.2, 0) is 0 Å². The minimum Gasteiger partial charge on any atom is -0.303 e. The number of hydrogen-bond donors (Lipinski definition) is 0. The lowest BCUT2D eigenvalue weighted by molar-refractivity contribution is 0.0883. The summed E-state index contributed by atoms with van der Waals surface area (Å²) in [6.45, 7) is 5.04. The molecule has 0 N–H and O–H groups in total. The Bertz CT molecular complexity index is 455. The zero-order valence-electron chi connectivity index (χ0n) is 11.2. The second-order valence-corrected chi connectivity index (χ2v) is 6.07. The summed E-state index contributed by atoms with van der Waals surface area (Å²) < 4.78 is 0. The van der Waals surface area contributed by atoms with Crippen LogP contribution >= 0.6 is 23.2 Å². The molecule has 0 radical (unpaired) electrons. The smallest absolute Gasteiger partial charge is 0.166 e. The van der Waals surface area contributed by atoms with Gasteiger partial charge < -0.3 is 4.90 Å². The minimum absolute atomic E-state index is 0.00431. The molecule has 1 unspecified atom stereocenters. The molecule has 0 aromatic heterocycles. The highest BCUT2D eigenvalue weighted by Crippen LogP contribution is 2.24. The predicted molar refractivity (Wildman–Crippen MR) is 80.2 cm³/mol. The van der Waals surface area contributed by atoms with E-state index in [1.807, 2.05) is 6.92 Å². The van der Waals surface area contributed by atoms with Gasteiger partial charge in [0, 0.05) is 18.0 Å². The normalized spacial score (nSPS) is 18.3. The van der Waals surface area contributed by atoms with E-state index in [0.29, 0.717) is 15.6 Å². The van der Waals surface area contributed by atoms with Crippen LogP contribution in [0.15, 0.2) is 18.2 Å². The molecule has 1 aromatic carbocycles. The monoisotopic (exact) mass is 299 g/mol. The predicted octanol–water partition coefficient (Wildman–Crippen LogP) is 4.30. The fourth-order valence-electron chi connectivity index (χ4n) is 2.55. The molecule has 1 aliphatic heterocycles. The van der Waals surface area contributed by atoms with Gasteiger partial charge in [-0.1, -0.05) is 36.5 Å². The van der Waals surface area contributed by atoms with Gasteiger partial charge in [-0.25, -0.2) is 0 Å². The number of benzene rings is 1. The molecule has 4 heteroatoms. The highest BCUT2D eigenvalue weighted by Gasteiger charge is 2.20.